The highest BCUT2D eigenvalue weighted by atomic mass is 35.5. The maximum Gasteiger partial charge on any atom is 0.222 e. The van der Waals surface area contributed by atoms with E-state index in [9.17, 15) is 14.3 Å². The summed E-state index contributed by atoms with van der Waals surface area (Å²) in [5.41, 5.74) is 0.898. The number of carbonyl (C=O) groups is 1. The van der Waals surface area contributed by atoms with E-state index in [1.807, 2.05) is 0 Å². The van der Waals surface area contributed by atoms with Crippen molar-refractivity contribution in [3.05, 3.63) is 59.5 Å². The summed E-state index contributed by atoms with van der Waals surface area (Å²) in [6, 6.07) is 12.3. The van der Waals surface area contributed by atoms with E-state index in [4.69, 9.17) is 16.3 Å². The van der Waals surface area contributed by atoms with Gasteiger partial charge in [-0.2, -0.15) is 5.26 Å². The Morgan fingerprint density at radius 2 is 2.05 bits per heavy atom. The molecular weight excluding hydrogens is 532 g/mol. The third kappa shape index (κ3) is 5.33. The number of pyridine rings is 1. The van der Waals surface area contributed by atoms with Crippen LogP contribution in [0.25, 0.3) is 21.1 Å². The highest BCUT2D eigenvalue weighted by molar-refractivity contribution is 7.85. The van der Waals surface area contributed by atoms with Gasteiger partial charge in [0.2, 0.25) is 5.91 Å². The molecule has 12 heteroatoms. The zero-order chi connectivity index (χ0) is 25.9. The predicted molar refractivity (Wildman–Crippen MR) is 141 cm³/mol. The molecule has 2 unspecified atom stereocenters. The van der Waals surface area contributed by atoms with Crippen molar-refractivity contribution in [1.29, 1.82) is 5.26 Å². The lowest BCUT2D eigenvalue weighted by Gasteiger charge is -2.21. The number of hydrogen-bond donors (Lipinski definition) is 1. The van der Waals surface area contributed by atoms with Crippen molar-refractivity contribution in [2.75, 3.05) is 11.9 Å². The summed E-state index contributed by atoms with van der Waals surface area (Å²) in [4.78, 5) is 22.1. The molecule has 5 rings (SSSR count). The molecule has 4 aromatic rings. The molecule has 9 nitrogen and oxygen atoms in total. The number of rotatable bonds is 6. The number of anilines is 1. The van der Waals surface area contributed by atoms with E-state index in [0.29, 0.717) is 48.4 Å². The van der Waals surface area contributed by atoms with Crippen LogP contribution in [-0.4, -0.2) is 36.5 Å². The molecule has 1 aromatic carbocycles. The highest BCUT2D eigenvalue weighted by Gasteiger charge is 2.29. The van der Waals surface area contributed by atoms with Gasteiger partial charge in [0.1, 0.15) is 18.2 Å². The minimum absolute atomic E-state index is 0.213. The van der Waals surface area contributed by atoms with Crippen molar-refractivity contribution in [3.63, 3.8) is 0 Å². The second-order valence-corrected chi connectivity index (χ2v) is 11.2. The molecular formula is C25H21ClN6O3S2. The number of aromatic nitrogens is 4. The van der Waals surface area contributed by atoms with Gasteiger partial charge in [0.15, 0.2) is 12.1 Å². The monoisotopic (exact) mass is 552 g/mol. The molecule has 0 bridgehead atoms. The van der Waals surface area contributed by atoms with Gasteiger partial charge in [0.25, 0.3) is 0 Å². The number of nitriles is 1. The standard InChI is InChI=1S/C25H21ClN6O3S2/c1-15(33)30-20-12-16(9-10-28-20)22-19(13-27)24(37(34)18-7-5-17(26)6-8-18)23(36-22)25-29-14-32(31-25)21-4-2-3-11-35-21/h5-10,12,14,21H,2-4,11H2,1H3,(H,28,30,33). The van der Waals surface area contributed by atoms with Crippen molar-refractivity contribution in [1.82, 2.24) is 19.7 Å². The number of nitrogens with zero attached hydrogens (tertiary/aromatic N) is 5. The van der Waals surface area contributed by atoms with Gasteiger partial charge in [-0.05, 0) is 61.2 Å². The van der Waals surface area contributed by atoms with E-state index in [2.05, 4.69) is 26.5 Å². The van der Waals surface area contributed by atoms with Crippen molar-refractivity contribution in [2.45, 2.75) is 42.2 Å². The number of thiophene rings is 1. The van der Waals surface area contributed by atoms with Crippen LogP contribution in [0.1, 0.15) is 38.0 Å². The van der Waals surface area contributed by atoms with Crippen LogP contribution in [0.15, 0.2) is 58.7 Å². The van der Waals surface area contributed by atoms with Crippen LogP contribution < -0.4 is 5.32 Å². The Kier molecular flexibility index (Phi) is 7.43. The minimum atomic E-state index is -1.72. The van der Waals surface area contributed by atoms with Crippen molar-refractivity contribution in [3.8, 4) is 27.2 Å². The molecule has 0 aliphatic carbocycles. The molecule has 37 heavy (non-hydrogen) atoms. The molecule has 0 saturated carbocycles. The SMILES string of the molecule is CC(=O)Nc1cc(-c2sc(-c3ncn(C4CCCCO4)n3)c(S(=O)c3ccc(Cl)cc3)c2C#N)ccn1. The maximum atomic E-state index is 13.9. The molecule has 1 aliphatic rings. The Labute approximate surface area is 224 Å². The number of hydrogen-bond acceptors (Lipinski definition) is 8. The van der Waals surface area contributed by atoms with Crippen LogP contribution >= 0.6 is 22.9 Å². The van der Waals surface area contributed by atoms with Crippen LogP contribution in [-0.2, 0) is 20.3 Å². The smallest absolute Gasteiger partial charge is 0.222 e. The lowest BCUT2D eigenvalue weighted by molar-refractivity contribution is -0.114. The zero-order valence-electron chi connectivity index (χ0n) is 19.7. The van der Waals surface area contributed by atoms with Crippen molar-refractivity contribution < 1.29 is 13.7 Å². The number of amides is 1. The second kappa shape index (κ2) is 10.9. The number of benzene rings is 1. The molecule has 1 amide bonds. The number of halogens is 1. The van der Waals surface area contributed by atoms with Gasteiger partial charge >= 0.3 is 0 Å². The Balaban J connectivity index is 1.65. The molecule has 1 aliphatic heterocycles. The van der Waals surface area contributed by atoms with Crippen LogP contribution in [0.5, 0.6) is 0 Å². The molecule has 0 spiro atoms. The summed E-state index contributed by atoms with van der Waals surface area (Å²) >= 11 is 7.31. The van der Waals surface area contributed by atoms with Gasteiger partial charge in [-0.25, -0.2) is 18.9 Å². The highest BCUT2D eigenvalue weighted by Crippen LogP contribution is 2.44. The fourth-order valence-electron chi connectivity index (χ4n) is 3.99. The molecule has 1 fully saturated rings. The van der Waals surface area contributed by atoms with Gasteiger partial charge in [-0.1, -0.05) is 11.6 Å². The zero-order valence-corrected chi connectivity index (χ0v) is 22.1. The Hall–Kier alpha value is -3.43. The number of nitrogens with one attached hydrogen (secondary N) is 1. The van der Waals surface area contributed by atoms with Crippen molar-refractivity contribution in [2.24, 2.45) is 0 Å². The Morgan fingerprint density at radius 1 is 1.24 bits per heavy atom. The first-order valence-electron chi connectivity index (χ1n) is 11.5. The van der Waals surface area contributed by atoms with Gasteiger partial charge < -0.3 is 10.1 Å². The molecule has 188 valence electrons. The summed E-state index contributed by atoms with van der Waals surface area (Å²) < 4.78 is 21.4. The Bertz CT molecular complexity index is 1520. The first-order valence-corrected chi connectivity index (χ1v) is 13.8. The fraction of sp³-hybridized carbons (Fsp3) is 0.240. The second-order valence-electron chi connectivity index (χ2n) is 8.28. The lowest BCUT2D eigenvalue weighted by Crippen LogP contribution is -2.18. The summed E-state index contributed by atoms with van der Waals surface area (Å²) in [6.07, 6.45) is 5.81. The topological polar surface area (TPSA) is 123 Å². The minimum Gasteiger partial charge on any atom is -0.356 e. The number of carbonyl (C=O) groups excluding carboxylic acids is 1. The summed E-state index contributed by atoms with van der Waals surface area (Å²) in [6.45, 7) is 2.05. The predicted octanol–water partition coefficient (Wildman–Crippen LogP) is 5.42. The molecule has 1 saturated heterocycles. The van der Waals surface area contributed by atoms with Crippen LogP contribution in [0, 0.1) is 11.3 Å². The van der Waals surface area contributed by atoms with E-state index >= 15 is 0 Å². The lowest BCUT2D eigenvalue weighted by atomic mass is 10.1. The molecule has 1 N–H and O–H groups in total. The van der Waals surface area contributed by atoms with E-state index in [1.165, 1.54) is 18.3 Å². The first-order chi connectivity index (χ1) is 17.9. The van der Waals surface area contributed by atoms with Crippen LogP contribution in [0.2, 0.25) is 5.02 Å². The van der Waals surface area contributed by atoms with Crippen LogP contribution in [0.4, 0.5) is 5.82 Å². The molecule has 0 radical (unpaired) electrons. The maximum absolute atomic E-state index is 13.9. The summed E-state index contributed by atoms with van der Waals surface area (Å²) in [5, 5.41) is 18.1. The van der Waals surface area contributed by atoms with Gasteiger partial charge in [-0.15, -0.1) is 16.4 Å². The third-order valence-electron chi connectivity index (χ3n) is 5.68. The quantitative estimate of drug-likeness (QED) is 0.339. The van der Waals surface area contributed by atoms with E-state index in [0.717, 1.165) is 19.3 Å². The normalized spacial score (nSPS) is 16.2. The largest absolute Gasteiger partial charge is 0.356 e. The van der Waals surface area contributed by atoms with E-state index in [1.54, 1.807) is 53.6 Å². The third-order valence-corrected chi connectivity index (χ3v) is 8.77. The molecule has 4 heterocycles. The fourth-order valence-corrected chi connectivity index (χ4v) is 6.82. The Morgan fingerprint density at radius 3 is 2.76 bits per heavy atom. The number of ether oxygens (including phenoxy) is 1. The molecule has 2 atom stereocenters. The first kappa shape index (κ1) is 25.2. The van der Waals surface area contributed by atoms with E-state index in [-0.39, 0.29) is 17.7 Å². The average Bonchev–Trinajstić information content (AvgIpc) is 3.54. The average molecular weight is 553 g/mol. The van der Waals surface area contributed by atoms with E-state index < -0.39 is 10.8 Å². The molecule has 3 aromatic heterocycles. The van der Waals surface area contributed by atoms with Crippen molar-refractivity contribution >= 4 is 45.5 Å². The summed E-state index contributed by atoms with van der Waals surface area (Å²) in [7, 11) is -1.72. The van der Waals surface area contributed by atoms with Gasteiger partial charge in [0.05, 0.1) is 31.0 Å². The summed E-state index contributed by atoms with van der Waals surface area (Å²) in [5.74, 6) is 0.442. The van der Waals surface area contributed by atoms with Gasteiger partial charge in [-0.3, -0.25) is 4.79 Å². The van der Waals surface area contributed by atoms with Gasteiger partial charge in [0, 0.05) is 29.6 Å². The van der Waals surface area contributed by atoms with Crippen LogP contribution in [0.3, 0.4) is 0 Å².